The molecule has 0 bridgehead atoms. The lowest BCUT2D eigenvalue weighted by molar-refractivity contribution is -0.142. The highest BCUT2D eigenvalue weighted by Gasteiger charge is 2.30. The molecule has 0 aliphatic rings. The highest BCUT2D eigenvalue weighted by atomic mass is 16.6. The number of aliphatic carboxylic acids is 2. The predicted octanol–water partition coefficient (Wildman–Crippen LogP) is -0.954. The zero-order valence-electron chi connectivity index (χ0n) is 51.6. The zero-order valence-corrected chi connectivity index (χ0v) is 50.6. The smallest absolute Gasteiger partial charge is 0.317 e. The van der Waals surface area contributed by atoms with Crippen LogP contribution in [0, 0.1) is 5.92 Å². The van der Waals surface area contributed by atoms with Gasteiger partial charge in [0.15, 0.2) is 1.37 Å². The van der Waals surface area contributed by atoms with E-state index in [4.69, 9.17) is 79.9 Å². The van der Waals surface area contributed by atoms with E-state index in [-0.39, 0.29) is 83.5 Å². The minimum Gasteiger partial charge on any atom is -0.480 e. The van der Waals surface area contributed by atoms with Crippen LogP contribution in [-0.2, 0) is 102 Å². The number of rotatable bonds is 61. The molecule has 31 nitrogen and oxygen atoms in total. The van der Waals surface area contributed by atoms with E-state index in [2.05, 4.69) is 31.3 Å². The molecule has 0 fully saturated rings. The van der Waals surface area contributed by atoms with Gasteiger partial charge in [-0.05, 0) is 55.7 Å². The summed E-state index contributed by atoms with van der Waals surface area (Å²) in [5, 5.41) is 31.1. The highest BCUT2D eigenvalue weighted by Crippen LogP contribution is 2.13. The number of carboxylic acids is 2. The number of carboxylic acid groups (broad SMARTS) is 2. The van der Waals surface area contributed by atoms with Gasteiger partial charge >= 0.3 is 18.0 Å². The third kappa shape index (κ3) is 48.9. The highest BCUT2D eigenvalue weighted by molar-refractivity contribution is 5.98. The van der Waals surface area contributed by atoms with Crippen molar-refractivity contribution in [1.29, 1.82) is 0 Å². The number of benzene rings is 1. The van der Waals surface area contributed by atoms with Crippen molar-refractivity contribution in [3.05, 3.63) is 29.8 Å². The second-order valence-corrected chi connectivity index (χ2v) is 19.3. The van der Waals surface area contributed by atoms with Gasteiger partial charge in [-0.25, -0.2) is 4.79 Å². The maximum Gasteiger partial charge on any atom is 0.317 e. The van der Waals surface area contributed by atoms with E-state index in [1.54, 1.807) is 38.1 Å². The van der Waals surface area contributed by atoms with Gasteiger partial charge in [-0.15, -0.1) is 0 Å². The quantitative estimate of drug-likeness (QED) is 0.0280. The lowest BCUT2D eigenvalue weighted by atomic mass is 10.0. The number of amides is 6. The Bertz CT molecular complexity index is 2010. The molecule has 3 atom stereocenters. The van der Waals surface area contributed by atoms with E-state index >= 15 is 0 Å². The van der Waals surface area contributed by atoms with Crippen molar-refractivity contribution in [1.82, 2.24) is 26.2 Å². The maximum absolute atomic E-state index is 13.5. The molecule has 0 aromatic heterocycles. The minimum atomic E-state index is -1.18. The molecule has 500 valence electrons. The summed E-state index contributed by atoms with van der Waals surface area (Å²) < 4.78 is 77.2. The molecule has 0 unspecified atom stereocenters. The number of hydrogen-bond acceptors (Lipinski definition) is 23. The van der Waals surface area contributed by atoms with Crippen molar-refractivity contribution in [2.45, 2.75) is 77.1 Å². The summed E-state index contributed by atoms with van der Waals surface area (Å²) in [5.41, 5.74) is 12.3. The summed E-state index contributed by atoms with van der Waals surface area (Å²) in [7, 11) is 0. The standard InChI is InChI=1S/C56H98N8O23/c1-44(2)52(55(73)62-48(7-5-14-60-56(58)74)54(72)61-46-10-8-45(9-11-46)42-87-43-65)63-53(71)47(57)6-3-4-13-59-49(66)12-16-75-18-20-77-22-24-79-26-28-81-30-32-83-34-36-85-38-39-86-37-35-84-33-31-82-29-27-80-25-23-78-21-19-76-17-15-64(40-50(67)68)41-51(69)70/h8-11,43-44,47-48,52H,3-7,12-42,57H2,1-2H3,(H,59,66)(H,61,72)(H,62,73)(H,63,71)(H,67,68)(H,69,70)(H3,58,60,74)/t47-,48-,52-/m0/s1/i43D. The number of carbonyl (C=O) groups is 8. The number of ether oxygens (including phenoxy) is 13. The third-order valence-electron chi connectivity index (χ3n) is 11.8. The van der Waals surface area contributed by atoms with Crippen LogP contribution >= 0.6 is 0 Å². The van der Waals surface area contributed by atoms with Crippen molar-refractivity contribution in [2.24, 2.45) is 17.4 Å². The Balaban J connectivity index is 1.96. The van der Waals surface area contributed by atoms with Crippen LogP contribution in [0.5, 0.6) is 0 Å². The molecule has 0 aliphatic heterocycles. The first-order chi connectivity index (χ1) is 42.5. The first-order valence-corrected chi connectivity index (χ1v) is 29.3. The average Bonchev–Trinajstić information content (AvgIpc) is 3.64. The van der Waals surface area contributed by atoms with Crippen LogP contribution in [0.4, 0.5) is 10.5 Å². The largest absolute Gasteiger partial charge is 0.480 e. The van der Waals surface area contributed by atoms with Gasteiger partial charge in [0.05, 0.1) is 178 Å². The Morgan fingerprint density at radius 3 is 1.36 bits per heavy atom. The lowest BCUT2D eigenvalue weighted by Crippen LogP contribution is -2.56. The van der Waals surface area contributed by atoms with Gasteiger partial charge in [0, 0.05) is 31.7 Å². The molecule has 0 saturated carbocycles. The lowest BCUT2D eigenvalue weighted by Gasteiger charge is -2.26. The fourth-order valence-electron chi connectivity index (χ4n) is 7.28. The number of urea groups is 1. The molecule has 0 spiro atoms. The van der Waals surface area contributed by atoms with Crippen LogP contribution in [0.2, 0.25) is 0 Å². The van der Waals surface area contributed by atoms with E-state index in [0.29, 0.717) is 176 Å². The van der Waals surface area contributed by atoms with Gasteiger partial charge in [-0.1, -0.05) is 26.0 Å². The van der Waals surface area contributed by atoms with Crippen LogP contribution in [0.25, 0.3) is 0 Å². The second-order valence-electron chi connectivity index (χ2n) is 19.3. The van der Waals surface area contributed by atoms with Crippen molar-refractivity contribution in [2.75, 3.05) is 197 Å². The molecule has 1 aromatic rings. The van der Waals surface area contributed by atoms with E-state index in [9.17, 15) is 38.4 Å². The van der Waals surface area contributed by atoms with E-state index in [1.165, 1.54) is 4.90 Å². The van der Waals surface area contributed by atoms with Crippen molar-refractivity contribution < 1.29 is 112 Å². The first kappa shape index (κ1) is 77.3. The molecule has 0 heterocycles. The van der Waals surface area contributed by atoms with Gasteiger partial charge in [-0.2, -0.15) is 0 Å². The third-order valence-corrected chi connectivity index (χ3v) is 11.8. The number of nitrogens with two attached hydrogens (primary N) is 2. The summed E-state index contributed by atoms with van der Waals surface area (Å²) in [6.07, 6.45) is 0.765. The second kappa shape index (κ2) is 55.5. The summed E-state index contributed by atoms with van der Waals surface area (Å²) in [4.78, 5) is 97.1. The Morgan fingerprint density at radius 2 is 0.954 bits per heavy atom. The molecule has 1 aromatic carbocycles. The average molecular weight is 1250 g/mol. The maximum atomic E-state index is 13.5. The Hall–Kier alpha value is -5.78. The van der Waals surface area contributed by atoms with Crippen LogP contribution in [0.3, 0.4) is 0 Å². The van der Waals surface area contributed by atoms with Gasteiger partial charge in [0.2, 0.25) is 23.6 Å². The van der Waals surface area contributed by atoms with Crippen LogP contribution < -0.4 is 38.1 Å². The van der Waals surface area contributed by atoms with Crippen molar-refractivity contribution in [3.63, 3.8) is 0 Å². The van der Waals surface area contributed by atoms with E-state index < -0.39 is 60.3 Å². The summed E-state index contributed by atoms with van der Waals surface area (Å²) in [5.74, 6) is -4.49. The first-order valence-electron chi connectivity index (χ1n) is 29.8. The van der Waals surface area contributed by atoms with Gasteiger partial charge < -0.3 is 110 Å². The Morgan fingerprint density at radius 1 is 0.540 bits per heavy atom. The molecule has 6 amide bonds. The molecule has 11 N–H and O–H groups in total. The monoisotopic (exact) mass is 1250 g/mol. The number of primary amides is 1. The summed E-state index contributed by atoms with van der Waals surface area (Å²) in [6.45, 7) is 12.4. The summed E-state index contributed by atoms with van der Waals surface area (Å²) in [6, 6.07) is 2.56. The van der Waals surface area contributed by atoms with Crippen molar-refractivity contribution >= 4 is 53.7 Å². The number of nitrogens with zero attached hydrogens (tertiary/aromatic N) is 1. The fraction of sp³-hybridized carbons (Fsp3) is 0.750. The zero-order chi connectivity index (χ0) is 64.7. The summed E-state index contributed by atoms with van der Waals surface area (Å²) >= 11 is 0. The number of hydrogen-bond donors (Lipinski definition) is 9. The Kier molecular flexibility index (Phi) is 49.3. The molecule has 31 heteroatoms. The molecule has 1 rings (SSSR count). The topological polar surface area (TPSA) is 412 Å². The van der Waals surface area contributed by atoms with Crippen LogP contribution in [-0.4, -0.2) is 273 Å². The number of nitrogens with one attached hydrogen (secondary N) is 5. The fourth-order valence-corrected chi connectivity index (χ4v) is 7.28. The number of anilines is 1. The van der Waals surface area contributed by atoms with E-state index in [1.807, 2.05) is 0 Å². The normalized spacial score (nSPS) is 12.5. The van der Waals surface area contributed by atoms with E-state index in [0.717, 1.165) is 0 Å². The number of unbranched alkanes of at least 4 members (excludes halogenated alkanes) is 1. The van der Waals surface area contributed by atoms with Crippen LogP contribution in [0.15, 0.2) is 24.3 Å². The molecular weight excluding hydrogens is 1150 g/mol. The molecule has 87 heavy (non-hydrogen) atoms. The van der Waals surface area contributed by atoms with Gasteiger partial charge in [-0.3, -0.25) is 38.5 Å². The van der Waals surface area contributed by atoms with Crippen LogP contribution in [0.1, 0.15) is 59.3 Å². The SMILES string of the molecule is [2H]C(=O)OCc1ccc(NC(=O)[C@H](CCCNC(N)=O)NC(=O)[C@@H](NC(=O)[C@@H](N)CCCCNC(=O)CCOCCOCCOCCOCCOCCOCCOCCOCCOCCOCCOCCOCCN(CC(=O)O)CC(=O)O)C(C)C)cc1. The predicted molar refractivity (Wildman–Crippen MR) is 312 cm³/mol. The Labute approximate surface area is 511 Å². The molecular formula is C56H98N8O23. The van der Waals surface area contributed by atoms with Gasteiger partial charge in [0.25, 0.3) is 6.45 Å². The van der Waals surface area contributed by atoms with Gasteiger partial charge in [0.1, 0.15) is 18.7 Å². The number of carbonyl (C=O) groups excluding carboxylic acids is 6. The van der Waals surface area contributed by atoms with Crippen molar-refractivity contribution in [3.8, 4) is 0 Å². The minimum absolute atomic E-state index is 0.116. The molecule has 0 radical (unpaired) electrons. The molecule has 0 saturated heterocycles. The molecule has 0 aliphatic carbocycles.